The zero-order chi connectivity index (χ0) is 16.3. The minimum Gasteiger partial charge on any atom is -0.392 e. The van der Waals surface area contributed by atoms with Crippen LogP contribution in [0.5, 0.6) is 5.88 Å². The Kier molecular flexibility index (Phi) is 3.84. The number of rotatable bonds is 3. The van der Waals surface area contributed by atoms with Crippen LogP contribution in [-0.4, -0.2) is 9.91 Å². The van der Waals surface area contributed by atoms with Gasteiger partial charge in [-0.25, -0.2) is 0 Å². The number of non-ortho nitro benzene ring substituents is 1. The van der Waals surface area contributed by atoms with Gasteiger partial charge in [0.1, 0.15) is 23.3 Å². The monoisotopic (exact) mass is 297 g/mol. The molecule has 0 aliphatic rings. The van der Waals surface area contributed by atoms with Crippen molar-refractivity contribution in [1.82, 2.24) is 4.98 Å². The first kappa shape index (κ1) is 14.7. The average Bonchev–Trinajstić information content (AvgIpc) is 2.53. The van der Waals surface area contributed by atoms with Crippen molar-refractivity contribution in [3.8, 4) is 29.1 Å². The minimum absolute atomic E-state index is 0.00379. The molecule has 0 radical (unpaired) electrons. The number of pyridine rings is 1. The van der Waals surface area contributed by atoms with Gasteiger partial charge in [0.2, 0.25) is 5.88 Å². The van der Waals surface area contributed by atoms with E-state index in [1.807, 2.05) is 0 Å². The summed E-state index contributed by atoms with van der Waals surface area (Å²) in [5.41, 5.74) is -1.12. The molecule has 0 saturated carbocycles. The standard InChI is InChI=1S/C13H7N5O4/c14-5-9-11(7-1-3-8(4-2-7)18(20)21)10(6-15)13(22-16)17-12(9)19/h1-4H,16H2,(H,17,19). The number of nitrogens with zero attached hydrogens (tertiary/aromatic N) is 3. The van der Waals surface area contributed by atoms with Gasteiger partial charge in [-0.1, -0.05) is 0 Å². The van der Waals surface area contributed by atoms with E-state index in [9.17, 15) is 20.2 Å². The molecule has 1 aromatic carbocycles. The van der Waals surface area contributed by atoms with Crippen LogP contribution in [0.4, 0.5) is 5.69 Å². The molecule has 0 aliphatic carbocycles. The molecule has 3 N–H and O–H groups in total. The van der Waals surface area contributed by atoms with E-state index >= 15 is 0 Å². The summed E-state index contributed by atoms with van der Waals surface area (Å²) >= 11 is 0. The third-order valence-electron chi connectivity index (χ3n) is 2.89. The topological polar surface area (TPSA) is 159 Å². The molecule has 0 fully saturated rings. The Balaban J connectivity index is 2.81. The van der Waals surface area contributed by atoms with Crippen molar-refractivity contribution < 1.29 is 9.76 Å². The van der Waals surface area contributed by atoms with Crippen molar-refractivity contribution in [2.24, 2.45) is 5.90 Å². The maximum Gasteiger partial charge on any atom is 0.269 e. The van der Waals surface area contributed by atoms with Gasteiger partial charge in [-0.2, -0.15) is 16.4 Å². The van der Waals surface area contributed by atoms with E-state index in [1.165, 1.54) is 24.3 Å². The highest BCUT2D eigenvalue weighted by atomic mass is 16.6. The molecule has 1 heterocycles. The average molecular weight is 297 g/mol. The first-order valence-electron chi connectivity index (χ1n) is 5.75. The molecule has 2 aromatic rings. The Bertz CT molecular complexity index is 887. The quantitative estimate of drug-likeness (QED) is 0.629. The summed E-state index contributed by atoms with van der Waals surface area (Å²) in [7, 11) is 0. The van der Waals surface area contributed by atoms with Gasteiger partial charge in [-0.05, 0) is 17.7 Å². The zero-order valence-electron chi connectivity index (χ0n) is 10.9. The second-order valence-electron chi connectivity index (χ2n) is 4.05. The van der Waals surface area contributed by atoms with Crippen LogP contribution in [0, 0.1) is 32.8 Å². The number of hydrogen-bond acceptors (Lipinski definition) is 7. The fourth-order valence-electron chi connectivity index (χ4n) is 1.92. The second-order valence-corrected chi connectivity index (χ2v) is 4.05. The fourth-order valence-corrected chi connectivity index (χ4v) is 1.92. The summed E-state index contributed by atoms with van der Waals surface area (Å²) in [6.45, 7) is 0. The third kappa shape index (κ3) is 2.35. The molecule has 0 unspecified atom stereocenters. The van der Waals surface area contributed by atoms with Gasteiger partial charge >= 0.3 is 0 Å². The first-order valence-corrected chi connectivity index (χ1v) is 5.75. The third-order valence-corrected chi connectivity index (χ3v) is 2.89. The highest BCUT2D eigenvalue weighted by molar-refractivity contribution is 5.78. The number of nitrogens with two attached hydrogens (primary N) is 1. The Morgan fingerprint density at radius 2 is 1.77 bits per heavy atom. The normalized spacial score (nSPS) is 9.59. The van der Waals surface area contributed by atoms with Gasteiger partial charge < -0.3 is 4.84 Å². The van der Waals surface area contributed by atoms with Gasteiger partial charge in [0.15, 0.2) is 0 Å². The van der Waals surface area contributed by atoms with Crippen molar-refractivity contribution in [3.05, 3.63) is 55.9 Å². The highest BCUT2D eigenvalue weighted by Gasteiger charge is 2.20. The van der Waals surface area contributed by atoms with E-state index in [0.717, 1.165) is 0 Å². The number of aromatic nitrogens is 1. The number of hydrogen-bond donors (Lipinski definition) is 2. The number of nitriles is 2. The molecule has 9 nitrogen and oxygen atoms in total. The Labute approximate surface area is 122 Å². The zero-order valence-corrected chi connectivity index (χ0v) is 10.9. The number of nitro groups is 1. The molecule has 0 bridgehead atoms. The number of nitro benzene ring substituents is 1. The van der Waals surface area contributed by atoms with Crippen LogP contribution in [0.1, 0.15) is 11.1 Å². The van der Waals surface area contributed by atoms with E-state index in [-0.39, 0.29) is 33.8 Å². The Hall–Kier alpha value is -3.69. The summed E-state index contributed by atoms with van der Waals surface area (Å²) in [6.07, 6.45) is 0. The number of aromatic amines is 1. The summed E-state index contributed by atoms with van der Waals surface area (Å²) < 4.78 is 0. The summed E-state index contributed by atoms with van der Waals surface area (Å²) in [5, 5.41) is 29.0. The summed E-state index contributed by atoms with van der Waals surface area (Å²) in [4.78, 5) is 28.5. The van der Waals surface area contributed by atoms with Crippen molar-refractivity contribution in [2.75, 3.05) is 0 Å². The lowest BCUT2D eigenvalue weighted by atomic mass is 9.97. The molecule has 0 saturated heterocycles. The number of nitrogens with one attached hydrogen (secondary N) is 1. The number of benzene rings is 1. The molecule has 0 spiro atoms. The predicted molar refractivity (Wildman–Crippen MR) is 73.4 cm³/mol. The largest absolute Gasteiger partial charge is 0.392 e. The molecule has 1 aromatic heterocycles. The van der Waals surface area contributed by atoms with Crippen LogP contribution < -0.4 is 16.3 Å². The van der Waals surface area contributed by atoms with Crippen molar-refractivity contribution in [1.29, 1.82) is 10.5 Å². The van der Waals surface area contributed by atoms with E-state index in [2.05, 4.69) is 9.82 Å². The van der Waals surface area contributed by atoms with Crippen LogP contribution in [0.3, 0.4) is 0 Å². The van der Waals surface area contributed by atoms with E-state index in [4.69, 9.17) is 11.2 Å². The lowest BCUT2D eigenvalue weighted by Crippen LogP contribution is -2.18. The lowest BCUT2D eigenvalue weighted by molar-refractivity contribution is -0.384. The molecular weight excluding hydrogens is 290 g/mol. The van der Waals surface area contributed by atoms with E-state index < -0.39 is 10.5 Å². The molecule has 0 amide bonds. The van der Waals surface area contributed by atoms with Crippen molar-refractivity contribution in [2.45, 2.75) is 0 Å². The molecule has 0 aliphatic heterocycles. The number of H-pyrrole nitrogens is 1. The predicted octanol–water partition coefficient (Wildman–Crippen LogP) is 0.946. The smallest absolute Gasteiger partial charge is 0.269 e. The van der Waals surface area contributed by atoms with E-state index in [0.29, 0.717) is 0 Å². The van der Waals surface area contributed by atoms with Gasteiger partial charge in [0.05, 0.1) is 4.92 Å². The molecular formula is C13H7N5O4. The van der Waals surface area contributed by atoms with Crippen LogP contribution in [0.15, 0.2) is 29.1 Å². The molecule has 2 rings (SSSR count). The van der Waals surface area contributed by atoms with Crippen LogP contribution in [-0.2, 0) is 0 Å². The maximum atomic E-state index is 11.8. The lowest BCUT2D eigenvalue weighted by Gasteiger charge is -2.09. The first-order chi connectivity index (χ1) is 10.5. The van der Waals surface area contributed by atoms with E-state index in [1.54, 1.807) is 12.1 Å². The minimum atomic E-state index is -0.782. The van der Waals surface area contributed by atoms with Gasteiger partial charge in [-0.3, -0.25) is 19.9 Å². The molecule has 0 atom stereocenters. The fraction of sp³-hybridized carbons (Fsp3) is 0. The molecule has 9 heteroatoms. The Morgan fingerprint density at radius 3 is 2.23 bits per heavy atom. The van der Waals surface area contributed by atoms with Gasteiger partial charge in [-0.15, -0.1) is 0 Å². The van der Waals surface area contributed by atoms with Crippen LogP contribution >= 0.6 is 0 Å². The van der Waals surface area contributed by atoms with Crippen LogP contribution in [0.25, 0.3) is 11.1 Å². The highest BCUT2D eigenvalue weighted by Crippen LogP contribution is 2.30. The maximum absolute atomic E-state index is 11.8. The summed E-state index contributed by atoms with van der Waals surface area (Å²) in [5.74, 6) is 4.71. The second kappa shape index (κ2) is 5.75. The van der Waals surface area contributed by atoms with Crippen molar-refractivity contribution >= 4 is 5.69 Å². The SMILES string of the molecule is N#Cc1c(ON)[nH]c(=O)c(C#N)c1-c1ccc([N+](=O)[O-])cc1. The van der Waals surface area contributed by atoms with Crippen molar-refractivity contribution in [3.63, 3.8) is 0 Å². The van der Waals surface area contributed by atoms with Gasteiger partial charge in [0.25, 0.3) is 11.2 Å². The van der Waals surface area contributed by atoms with Crippen LogP contribution in [0.2, 0.25) is 0 Å². The van der Waals surface area contributed by atoms with Gasteiger partial charge in [0, 0.05) is 17.7 Å². The Morgan fingerprint density at radius 1 is 1.18 bits per heavy atom. The molecule has 108 valence electrons. The molecule has 22 heavy (non-hydrogen) atoms. The summed E-state index contributed by atoms with van der Waals surface area (Å²) in [6, 6.07) is 8.54.